The summed E-state index contributed by atoms with van der Waals surface area (Å²) in [7, 11) is 0. The van der Waals surface area contributed by atoms with E-state index in [1.807, 2.05) is 0 Å². The van der Waals surface area contributed by atoms with Crippen LogP contribution >= 0.6 is 0 Å². The maximum atomic E-state index is 5.76. The Morgan fingerprint density at radius 1 is 1.09 bits per heavy atom. The van der Waals surface area contributed by atoms with Gasteiger partial charge in [0.05, 0.1) is 0 Å². The Hall–Kier alpha value is -1.44. The number of ether oxygens (including phenoxy) is 2. The third-order valence-corrected chi connectivity index (χ3v) is 5.66. The van der Waals surface area contributed by atoms with E-state index < -0.39 is 0 Å². The molecule has 0 amide bonds. The number of benzene rings is 1. The summed E-state index contributed by atoms with van der Waals surface area (Å²) in [6, 6.07) is 4.38. The van der Waals surface area contributed by atoms with Gasteiger partial charge >= 0.3 is 0 Å². The lowest BCUT2D eigenvalue weighted by molar-refractivity contribution is 0.172. The molecule has 1 heterocycles. The highest BCUT2D eigenvalue weighted by Gasteiger charge is 2.33. The third kappa shape index (κ3) is 2.53. The summed E-state index contributed by atoms with van der Waals surface area (Å²) in [6.07, 6.45) is 12.8. The Morgan fingerprint density at radius 2 is 2.05 bits per heavy atom. The molecule has 1 aromatic rings. The van der Waals surface area contributed by atoms with Crippen LogP contribution in [0, 0.1) is 11.8 Å². The van der Waals surface area contributed by atoms with Gasteiger partial charge in [0.1, 0.15) is 0 Å². The van der Waals surface area contributed by atoms with Crippen molar-refractivity contribution in [2.24, 2.45) is 11.8 Å². The molecule has 1 aliphatic heterocycles. The summed E-state index contributed by atoms with van der Waals surface area (Å²) in [5.41, 5.74) is 4.65. The molecule has 2 nitrogen and oxygen atoms in total. The minimum absolute atomic E-state index is 0.392. The van der Waals surface area contributed by atoms with E-state index in [1.54, 1.807) is 5.57 Å². The number of hydrogen-bond donors (Lipinski definition) is 0. The molecule has 0 bridgehead atoms. The first-order valence-electron chi connectivity index (χ1n) is 8.93. The van der Waals surface area contributed by atoms with Gasteiger partial charge in [0.2, 0.25) is 6.79 Å². The van der Waals surface area contributed by atoms with Gasteiger partial charge in [0, 0.05) is 5.56 Å². The first-order chi connectivity index (χ1) is 10.8. The summed E-state index contributed by atoms with van der Waals surface area (Å²) in [6.45, 7) is 2.69. The lowest BCUT2D eigenvalue weighted by Gasteiger charge is -2.35. The molecule has 2 heteroatoms. The fourth-order valence-corrected chi connectivity index (χ4v) is 4.57. The smallest absolute Gasteiger partial charge is 0.231 e. The van der Waals surface area contributed by atoms with E-state index in [0.717, 1.165) is 23.3 Å². The molecule has 2 unspecified atom stereocenters. The molecule has 0 saturated carbocycles. The van der Waals surface area contributed by atoms with Crippen molar-refractivity contribution < 1.29 is 9.47 Å². The van der Waals surface area contributed by atoms with Crippen LogP contribution in [-0.2, 0) is 12.8 Å². The molecule has 4 rings (SSSR count). The van der Waals surface area contributed by atoms with Crippen molar-refractivity contribution in [2.75, 3.05) is 6.79 Å². The molecule has 3 aliphatic rings. The first kappa shape index (κ1) is 14.2. The molecule has 2 aliphatic carbocycles. The van der Waals surface area contributed by atoms with Crippen LogP contribution in [0.3, 0.4) is 0 Å². The molecular formula is C20H26O2. The van der Waals surface area contributed by atoms with E-state index in [1.165, 1.54) is 62.5 Å². The standard InChI is InChI=1S/C20H26O2/c1-2-5-14-6-3-4-7-15-12-18-16(11-17(15)10-14)8-9-19-20(18)22-13-21-19/h6,8-9,15,17H,2-5,7,10-13H2,1H3/b14-6+. The van der Waals surface area contributed by atoms with E-state index in [-0.39, 0.29) is 0 Å². The monoisotopic (exact) mass is 298 g/mol. The first-order valence-corrected chi connectivity index (χ1v) is 8.93. The maximum Gasteiger partial charge on any atom is 0.231 e. The molecular weight excluding hydrogens is 272 g/mol. The molecule has 0 spiro atoms. The number of allylic oxidation sites excluding steroid dienone is 2. The summed E-state index contributed by atoms with van der Waals surface area (Å²) in [4.78, 5) is 0. The van der Waals surface area contributed by atoms with Gasteiger partial charge < -0.3 is 9.47 Å². The van der Waals surface area contributed by atoms with Crippen molar-refractivity contribution in [3.8, 4) is 11.5 Å². The van der Waals surface area contributed by atoms with E-state index in [0.29, 0.717) is 6.79 Å². The van der Waals surface area contributed by atoms with Gasteiger partial charge in [-0.1, -0.05) is 31.1 Å². The highest BCUT2D eigenvalue weighted by atomic mass is 16.7. The van der Waals surface area contributed by atoms with Crippen LogP contribution in [0.1, 0.15) is 56.6 Å². The maximum absolute atomic E-state index is 5.76. The summed E-state index contributed by atoms with van der Waals surface area (Å²) < 4.78 is 11.3. The molecule has 1 aromatic carbocycles. The third-order valence-electron chi connectivity index (χ3n) is 5.66. The van der Waals surface area contributed by atoms with Gasteiger partial charge in [0.25, 0.3) is 0 Å². The molecule has 0 aromatic heterocycles. The normalized spacial score (nSPS) is 28.9. The average molecular weight is 298 g/mol. The zero-order valence-corrected chi connectivity index (χ0v) is 13.6. The summed E-state index contributed by atoms with van der Waals surface area (Å²) in [5.74, 6) is 3.65. The van der Waals surface area contributed by atoms with Crippen molar-refractivity contribution >= 4 is 0 Å². The van der Waals surface area contributed by atoms with E-state index >= 15 is 0 Å². The Bertz CT molecular complexity index is 588. The molecule has 0 saturated heterocycles. The fraction of sp³-hybridized carbons (Fsp3) is 0.600. The largest absolute Gasteiger partial charge is 0.454 e. The van der Waals surface area contributed by atoms with Crippen molar-refractivity contribution in [3.05, 3.63) is 34.9 Å². The van der Waals surface area contributed by atoms with Gasteiger partial charge in [-0.15, -0.1) is 0 Å². The van der Waals surface area contributed by atoms with Crippen molar-refractivity contribution in [1.82, 2.24) is 0 Å². The van der Waals surface area contributed by atoms with Crippen LogP contribution in [0.4, 0.5) is 0 Å². The number of hydrogen-bond acceptors (Lipinski definition) is 2. The lowest BCUT2D eigenvalue weighted by atomic mass is 9.70. The zero-order valence-electron chi connectivity index (χ0n) is 13.6. The van der Waals surface area contributed by atoms with E-state index in [9.17, 15) is 0 Å². The predicted molar refractivity (Wildman–Crippen MR) is 88.4 cm³/mol. The fourth-order valence-electron chi connectivity index (χ4n) is 4.57. The minimum Gasteiger partial charge on any atom is -0.454 e. The van der Waals surface area contributed by atoms with E-state index in [4.69, 9.17) is 9.47 Å². The van der Waals surface area contributed by atoms with Gasteiger partial charge in [-0.25, -0.2) is 0 Å². The second-order valence-electron chi connectivity index (χ2n) is 7.11. The topological polar surface area (TPSA) is 18.5 Å². The van der Waals surface area contributed by atoms with Gasteiger partial charge in [0.15, 0.2) is 11.5 Å². The molecule has 2 atom stereocenters. The van der Waals surface area contributed by atoms with Crippen LogP contribution in [0.15, 0.2) is 23.8 Å². The van der Waals surface area contributed by atoms with Gasteiger partial charge in [-0.3, -0.25) is 0 Å². The Morgan fingerprint density at radius 3 is 2.95 bits per heavy atom. The number of rotatable bonds is 2. The van der Waals surface area contributed by atoms with Crippen LogP contribution in [0.5, 0.6) is 11.5 Å². The lowest BCUT2D eigenvalue weighted by Crippen LogP contribution is -2.27. The summed E-state index contributed by atoms with van der Waals surface area (Å²) in [5, 5.41) is 0. The van der Waals surface area contributed by atoms with Crippen LogP contribution < -0.4 is 9.47 Å². The van der Waals surface area contributed by atoms with Crippen LogP contribution in [-0.4, -0.2) is 6.79 Å². The number of fused-ring (bicyclic) bond motifs is 4. The van der Waals surface area contributed by atoms with Crippen LogP contribution in [0.25, 0.3) is 0 Å². The second-order valence-corrected chi connectivity index (χ2v) is 7.11. The molecule has 22 heavy (non-hydrogen) atoms. The molecule has 118 valence electrons. The Balaban J connectivity index is 1.62. The van der Waals surface area contributed by atoms with Gasteiger partial charge in [-0.05, 0) is 68.4 Å². The summed E-state index contributed by atoms with van der Waals surface area (Å²) >= 11 is 0. The van der Waals surface area contributed by atoms with Crippen molar-refractivity contribution in [2.45, 2.75) is 58.3 Å². The van der Waals surface area contributed by atoms with Crippen LogP contribution in [0.2, 0.25) is 0 Å². The Labute approximate surface area is 133 Å². The van der Waals surface area contributed by atoms with Gasteiger partial charge in [-0.2, -0.15) is 0 Å². The molecule has 0 fully saturated rings. The zero-order chi connectivity index (χ0) is 14.9. The van der Waals surface area contributed by atoms with E-state index in [2.05, 4.69) is 25.1 Å². The highest BCUT2D eigenvalue weighted by Crippen LogP contribution is 2.46. The van der Waals surface area contributed by atoms with Crippen molar-refractivity contribution in [1.29, 1.82) is 0 Å². The Kier molecular flexibility index (Phi) is 3.85. The average Bonchev–Trinajstić information content (AvgIpc) is 2.98. The predicted octanol–water partition coefficient (Wildman–Crippen LogP) is 5.05. The SMILES string of the molecule is CCC/C1=C\CCCC2Cc3c(ccc4c3OCO4)CC2C1. The highest BCUT2D eigenvalue weighted by molar-refractivity contribution is 5.53. The van der Waals surface area contributed by atoms with Crippen molar-refractivity contribution in [3.63, 3.8) is 0 Å². The molecule has 0 N–H and O–H groups in total. The quantitative estimate of drug-likeness (QED) is 0.712. The second kappa shape index (κ2) is 5.98. The molecule has 0 radical (unpaired) electrons. The minimum atomic E-state index is 0.392.